The topological polar surface area (TPSA) is 36.7 Å². The molecule has 22 heavy (non-hydrogen) atoms. The van der Waals surface area contributed by atoms with Gasteiger partial charge in [-0.15, -0.1) is 0 Å². The highest BCUT2D eigenvalue weighted by molar-refractivity contribution is 6.30. The van der Waals surface area contributed by atoms with Crippen LogP contribution in [-0.4, -0.2) is 37.0 Å². The van der Waals surface area contributed by atoms with Crippen LogP contribution in [0.4, 0.5) is 5.69 Å². The Hall–Kier alpha value is -1.94. The average molecular weight is 319 g/mol. The molecule has 2 heterocycles. The molecule has 0 aliphatic carbocycles. The third-order valence-electron chi connectivity index (χ3n) is 4.12. The van der Waals surface area contributed by atoms with Crippen LogP contribution in [0.3, 0.4) is 0 Å². The zero-order valence-corrected chi connectivity index (χ0v) is 13.6. The lowest BCUT2D eigenvalue weighted by atomic mass is 10.2. The van der Waals surface area contributed by atoms with Crippen molar-refractivity contribution in [2.75, 3.05) is 31.1 Å². The summed E-state index contributed by atoms with van der Waals surface area (Å²) in [5.74, 6) is 1.22. The first-order valence-corrected chi connectivity index (χ1v) is 7.79. The molecular weight excluding hydrogens is 300 g/mol. The van der Waals surface area contributed by atoms with E-state index in [4.69, 9.17) is 16.0 Å². The molecule has 1 aromatic carbocycles. The number of hydrogen-bond donors (Lipinski definition) is 0. The molecule has 0 unspecified atom stereocenters. The number of rotatable bonds is 2. The van der Waals surface area contributed by atoms with Crippen LogP contribution in [0.2, 0.25) is 5.02 Å². The number of furan rings is 1. The molecule has 1 saturated heterocycles. The van der Waals surface area contributed by atoms with Gasteiger partial charge in [0, 0.05) is 36.9 Å². The van der Waals surface area contributed by atoms with E-state index in [1.54, 1.807) is 0 Å². The zero-order valence-electron chi connectivity index (χ0n) is 12.8. The maximum absolute atomic E-state index is 12.5. The molecule has 3 rings (SSSR count). The van der Waals surface area contributed by atoms with Crippen LogP contribution in [-0.2, 0) is 0 Å². The normalized spacial score (nSPS) is 15.2. The summed E-state index contributed by atoms with van der Waals surface area (Å²) in [7, 11) is 0. The van der Waals surface area contributed by atoms with Crippen molar-refractivity contribution < 1.29 is 9.21 Å². The minimum atomic E-state index is -0.0260. The van der Waals surface area contributed by atoms with E-state index in [2.05, 4.69) is 4.90 Å². The summed E-state index contributed by atoms with van der Waals surface area (Å²) in [6, 6.07) is 9.64. The minimum absolute atomic E-state index is 0.0260. The Morgan fingerprint density at radius 3 is 2.45 bits per heavy atom. The van der Waals surface area contributed by atoms with Crippen LogP contribution in [0.15, 0.2) is 34.7 Å². The van der Waals surface area contributed by atoms with Gasteiger partial charge >= 0.3 is 0 Å². The summed E-state index contributed by atoms with van der Waals surface area (Å²) in [4.78, 5) is 16.5. The fraction of sp³-hybridized carbons (Fsp3) is 0.353. The molecule has 0 N–H and O–H groups in total. The predicted octanol–water partition coefficient (Wildman–Crippen LogP) is 3.51. The van der Waals surface area contributed by atoms with Crippen LogP contribution in [0.5, 0.6) is 0 Å². The Morgan fingerprint density at radius 1 is 1.14 bits per heavy atom. The molecule has 1 aliphatic heterocycles. The van der Waals surface area contributed by atoms with Gasteiger partial charge in [0.15, 0.2) is 5.76 Å². The van der Waals surface area contributed by atoms with Gasteiger partial charge in [-0.3, -0.25) is 4.79 Å². The average Bonchev–Trinajstić information content (AvgIpc) is 2.86. The van der Waals surface area contributed by atoms with E-state index in [9.17, 15) is 4.79 Å². The molecular formula is C17H19ClN2O2. The molecule has 1 aliphatic rings. The lowest BCUT2D eigenvalue weighted by Crippen LogP contribution is -2.48. The van der Waals surface area contributed by atoms with Gasteiger partial charge in [0.05, 0.1) is 0 Å². The summed E-state index contributed by atoms with van der Waals surface area (Å²) in [6.45, 7) is 6.79. The van der Waals surface area contributed by atoms with E-state index in [-0.39, 0.29) is 5.91 Å². The standard InChI is InChI=1S/C17H19ClN2O2/c1-12-10-16(22-13(12)2)17(21)20-8-6-19(7-9-20)15-5-3-4-14(18)11-15/h3-5,10-11H,6-9H2,1-2H3. The van der Waals surface area contributed by atoms with Gasteiger partial charge in [0.2, 0.25) is 0 Å². The third kappa shape index (κ3) is 2.97. The highest BCUT2D eigenvalue weighted by Gasteiger charge is 2.24. The van der Waals surface area contributed by atoms with Crippen molar-refractivity contribution in [1.82, 2.24) is 4.90 Å². The summed E-state index contributed by atoms with van der Waals surface area (Å²) < 4.78 is 5.53. The van der Waals surface area contributed by atoms with Gasteiger partial charge in [-0.25, -0.2) is 0 Å². The van der Waals surface area contributed by atoms with Crippen LogP contribution in [0, 0.1) is 13.8 Å². The monoisotopic (exact) mass is 318 g/mol. The number of carbonyl (C=O) groups excluding carboxylic acids is 1. The van der Waals surface area contributed by atoms with Gasteiger partial charge < -0.3 is 14.2 Å². The number of benzene rings is 1. The number of nitrogens with zero attached hydrogens (tertiary/aromatic N) is 2. The number of anilines is 1. The van der Waals surface area contributed by atoms with Crippen molar-refractivity contribution in [3.63, 3.8) is 0 Å². The smallest absolute Gasteiger partial charge is 0.289 e. The number of halogens is 1. The van der Waals surface area contributed by atoms with Crippen molar-refractivity contribution in [2.45, 2.75) is 13.8 Å². The Morgan fingerprint density at radius 2 is 1.86 bits per heavy atom. The predicted molar refractivity (Wildman–Crippen MR) is 87.8 cm³/mol. The second-order valence-electron chi connectivity index (χ2n) is 5.61. The van der Waals surface area contributed by atoms with Gasteiger partial charge in [-0.1, -0.05) is 17.7 Å². The van der Waals surface area contributed by atoms with Crippen LogP contribution in [0.25, 0.3) is 0 Å². The Balaban J connectivity index is 1.65. The van der Waals surface area contributed by atoms with Crippen molar-refractivity contribution in [3.8, 4) is 0 Å². The van der Waals surface area contributed by atoms with Crippen LogP contribution < -0.4 is 4.90 Å². The third-order valence-corrected chi connectivity index (χ3v) is 4.35. The fourth-order valence-corrected chi connectivity index (χ4v) is 2.86. The Labute approximate surface area is 135 Å². The summed E-state index contributed by atoms with van der Waals surface area (Å²) >= 11 is 6.04. The SMILES string of the molecule is Cc1cc(C(=O)N2CCN(c3cccc(Cl)c3)CC2)oc1C. The van der Waals surface area contributed by atoms with Crippen molar-refractivity contribution in [1.29, 1.82) is 0 Å². The molecule has 0 bridgehead atoms. The lowest BCUT2D eigenvalue weighted by molar-refractivity contribution is 0.0713. The molecule has 116 valence electrons. The van der Waals surface area contributed by atoms with Crippen molar-refractivity contribution in [3.05, 3.63) is 52.4 Å². The highest BCUT2D eigenvalue weighted by Crippen LogP contribution is 2.22. The van der Waals surface area contributed by atoms with Crippen molar-refractivity contribution >= 4 is 23.2 Å². The number of hydrogen-bond acceptors (Lipinski definition) is 3. The molecule has 4 nitrogen and oxygen atoms in total. The number of aryl methyl sites for hydroxylation is 2. The van der Waals surface area contributed by atoms with E-state index in [1.165, 1.54) is 0 Å². The molecule has 0 spiro atoms. The number of piperazine rings is 1. The molecule has 0 radical (unpaired) electrons. The molecule has 0 atom stereocenters. The largest absolute Gasteiger partial charge is 0.456 e. The first-order valence-electron chi connectivity index (χ1n) is 7.41. The van der Waals surface area contributed by atoms with Gasteiger partial charge in [-0.05, 0) is 43.7 Å². The maximum Gasteiger partial charge on any atom is 0.289 e. The van der Waals surface area contributed by atoms with Crippen LogP contribution >= 0.6 is 11.6 Å². The summed E-state index contributed by atoms with van der Waals surface area (Å²) in [6.07, 6.45) is 0. The number of amides is 1. The van der Waals surface area contributed by atoms with E-state index in [0.717, 1.165) is 35.1 Å². The molecule has 2 aromatic rings. The summed E-state index contributed by atoms with van der Waals surface area (Å²) in [5.41, 5.74) is 2.12. The van der Waals surface area contributed by atoms with Gasteiger partial charge in [0.1, 0.15) is 5.76 Å². The second-order valence-corrected chi connectivity index (χ2v) is 6.05. The molecule has 1 amide bonds. The van der Waals surface area contributed by atoms with E-state index in [0.29, 0.717) is 18.8 Å². The molecule has 5 heteroatoms. The first kappa shape index (κ1) is 15.0. The fourth-order valence-electron chi connectivity index (χ4n) is 2.67. The zero-order chi connectivity index (χ0) is 15.7. The Kier molecular flexibility index (Phi) is 4.12. The quantitative estimate of drug-likeness (QED) is 0.850. The van der Waals surface area contributed by atoms with E-state index >= 15 is 0 Å². The molecule has 1 fully saturated rings. The van der Waals surface area contributed by atoms with E-state index < -0.39 is 0 Å². The van der Waals surface area contributed by atoms with Crippen LogP contribution in [0.1, 0.15) is 21.9 Å². The summed E-state index contributed by atoms with van der Waals surface area (Å²) in [5, 5.41) is 0.734. The lowest BCUT2D eigenvalue weighted by Gasteiger charge is -2.35. The van der Waals surface area contributed by atoms with E-state index in [1.807, 2.05) is 49.1 Å². The minimum Gasteiger partial charge on any atom is -0.456 e. The molecule has 1 aromatic heterocycles. The van der Waals surface area contributed by atoms with Gasteiger partial charge in [0.25, 0.3) is 5.91 Å². The maximum atomic E-state index is 12.5. The van der Waals surface area contributed by atoms with Crippen molar-refractivity contribution in [2.24, 2.45) is 0 Å². The molecule has 0 saturated carbocycles. The first-order chi connectivity index (χ1) is 10.5. The van der Waals surface area contributed by atoms with Gasteiger partial charge in [-0.2, -0.15) is 0 Å². The number of carbonyl (C=O) groups is 1. The highest BCUT2D eigenvalue weighted by atomic mass is 35.5. The second kappa shape index (κ2) is 6.05. The Bertz CT molecular complexity index is 668.